The molecule has 3 atom stereocenters. The standard InChI is InChI=1S/C16H24FNO/c1-5-18-16(14-6-7-19-12(14)4)13-8-10(2)15(17)11(3)9-13/h8-9,12,14,16,18H,5-7H2,1-4H3. The van der Waals surface area contributed by atoms with Crippen molar-refractivity contribution in [1.82, 2.24) is 5.32 Å². The van der Waals surface area contributed by atoms with E-state index in [1.807, 2.05) is 26.0 Å². The quantitative estimate of drug-likeness (QED) is 0.899. The van der Waals surface area contributed by atoms with Crippen LogP contribution in [0.15, 0.2) is 12.1 Å². The summed E-state index contributed by atoms with van der Waals surface area (Å²) < 4.78 is 19.5. The third-order valence-corrected chi connectivity index (χ3v) is 4.10. The molecule has 1 aromatic carbocycles. The van der Waals surface area contributed by atoms with Gasteiger partial charge in [0.1, 0.15) is 5.82 Å². The van der Waals surface area contributed by atoms with Crippen molar-refractivity contribution < 1.29 is 9.13 Å². The fraction of sp³-hybridized carbons (Fsp3) is 0.625. The van der Waals surface area contributed by atoms with E-state index in [1.54, 1.807) is 0 Å². The zero-order chi connectivity index (χ0) is 14.0. The van der Waals surface area contributed by atoms with Crippen molar-refractivity contribution in [2.45, 2.75) is 46.3 Å². The fourth-order valence-electron chi connectivity index (χ4n) is 3.08. The van der Waals surface area contributed by atoms with Crippen LogP contribution in [0, 0.1) is 25.6 Å². The average Bonchev–Trinajstić information content (AvgIpc) is 2.78. The van der Waals surface area contributed by atoms with Crippen LogP contribution in [-0.4, -0.2) is 19.3 Å². The maximum Gasteiger partial charge on any atom is 0.129 e. The Labute approximate surface area is 115 Å². The summed E-state index contributed by atoms with van der Waals surface area (Å²) in [4.78, 5) is 0. The Bertz CT molecular complexity index is 423. The first-order valence-corrected chi connectivity index (χ1v) is 7.16. The lowest BCUT2D eigenvalue weighted by Gasteiger charge is -2.27. The van der Waals surface area contributed by atoms with E-state index in [-0.39, 0.29) is 18.0 Å². The minimum absolute atomic E-state index is 0.0882. The molecule has 1 aliphatic rings. The molecule has 1 aromatic rings. The maximum absolute atomic E-state index is 13.8. The van der Waals surface area contributed by atoms with Crippen LogP contribution in [0.5, 0.6) is 0 Å². The largest absolute Gasteiger partial charge is 0.378 e. The number of hydrogen-bond acceptors (Lipinski definition) is 2. The first kappa shape index (κ1) is 14.5. The van der Waals surface area contributed by atoms with Crippen LogP contribution < -0.4 is 5.32 Å². The van der Waals surface area contributed by atoms with Gasteiger partial charge >= 0.3 is 0 Å². The van der Waals surface area contributed by atoms with E-state index in [2.05, 4.69) is 19.2 Å². The van der Waals surface area contributed by atoms with E-state index in [9.17, 15) is 4.39 Å². The average molecular weight is 265 g/mol. The molecule has 0 saturated carbocycles. The second-order valence-corrected chi connectivity index (χ2v) is 5.53. The summed E-state index contributed by atoms with van der Waals surface area (Å²) in [6, 6.07) is 4.20. The second kappa shape index (κ2) is 6.02. The highest BCUT2D eigenvalue weighted by Gasteiger charge is 2.32. The van der Waals surface area contributed by atoms with Gasteiger partial charge in [-0.25, -0.2) is 4.39 Å². The lowest BCUT2D eigenvalue weighted by Crippen LogP contribution is -2.32. The Morgan fingerprint density at radius 3 is 2.47 bits per heavy atom. The Morgan fingerprint density at radius 1 is 1.37 bits per heavy atom. The molecular weight excluding hydrogens is 241 g/mol. The molecule has 0 aliphatic carbocycles. The van der Waals surface area contributed by atoms with Crippen LogP contribution in [-0.2, 0) is 4.74 Å². The van der Waals surface area contributed by atoms with Crippen molar-refractivity contribution in [2.75, 3.05) is 13.2 Å². The summed E-state index contributed by atoms with van der Waals surface area (Å²) in [6.45, 7) is 9.64. The maximum atomic E-state index is 13.8. The molecule has 1 heterocycles. The van der Waals surface area contributed by atoms with Crippen LogP contribution >= 0.6 is 0 Å². The topological polar surface area (TPSA) is 21.3 Å². The fourth-order valence-corrected chi connectivity index (χ4v) is 3.08. The van der Waals surface area contributed by atoms with Crippen LogP contribution in [0.1, 0.15) is 43.0 Å². The Kier molecular flexibility index (Phi) is 4.58. The molecule has 1 saturated heterocycles. The second-order valence-electron chi connectivity index (χ2n) is 5.53. The van der Waals surface area contributed by atoms with Gasteiger partial charge in [0, 0.05) is 18.6 Å². The molecule has 1 fully saturated rings. The third kappa shape index (κ3) is 2.98. The van der Waals surface area contributed by atoms with Gasteiger partial charge in [0.05, 0.1) is 6.10 Å². The lowest BCUT2D eigenvalue weighted by molar-refractivity contribution is 0.0955. The van der Waals surface area contributed by atoms with Crippen LogP contribution in [0.3, 0.4) is 0 Å². The summed E-state index contributed by atoms with van der Waals surface area (Å²) in [5.41, 5.74) is 2.63. The van der Waals surface area contributed by atoms with Crippen molar-refractivity contribution in [3.8, 4) is 0 Å². The Morgan fingerprint density at radius 2 is 2.00 bits per heavy atom. The van der Waals surface area contributed by atoms with Gasteiger partial charge in [0.2, 0.25) is 0 Å². The monoisotopic (exact) mass is 265 g/mol. The molecule has 0 radical (unpaired) electrons. The predicted molar refractivity (Wildman–Crippen MR) is 75.8 cm³/mol. The van der Waals surface area contributed by atoms with Gasteiger partial charge in [-0.3, -0.25) is 0 Å². The number of benzene rings is 1. The molecule has 2 rings (SSSR count). The normalized spacial score (nSPS) is 24.7. The minimum Gasteiger partial charge on any atom is -0.378 e. The molecule has 3 heteroatoms. The van der Waals surface area contributed by atoms with Crippen molar-refractivity contribution in [1.29, 1.82) is 0 Å². The number of hydrogen-bond donors (Lipinski definition) is 1. The molecule has 1 aliphatic heterocycles. The molecule has 0 spiro atoms. The molecular formula is C16H24FNO. The molecule has 1 N–H and O–H groups in total. The van der Waals surface area contributed by atoms with Gasteiger partial charge in [-0.2, -0.15) is 0 Å². The van der Waals surface area contributed by atoms with Crippen molar-refractivity contribution in [2.24, 2.45) is 5.92 Å². The first-order valence-electron chi connectivity index (χ1n) is 7.16. The van der Waals surface area contributed by atoms with E-state index >= 15 is 0 Å². The number of ether oxygens (including phenoxy) is 1. The van der Waals surface area contributed by atoms with Crippen molar-refractivity contribution in [3.05, 3.63) is 34.6 Å². The summed E-state index contributed by atoms with van der Waals surface area (Å²) >= 11 is 0. The number of halogens is 1. The zero-order valence-electron chi connectivity index (χ0n) is 12.3. The van der Waals surface area contributed by atoms with Crippen LogP contribution in [0.4, 0.5) is 4.39 Å². The smallest absolute Gasteiger partial charge is 0.129 e. The molecule has 19 heavy (non-hydrogen) atoms. The molecule has 0 amide bonds. The molecule has 2 nitrogen and oxygen atoms in total. The summed E-state index contributed by atoms with van der Waals surface area (Å²) in [7, 11) is 0. The van der Waals surface area contributed by atoms with E-state index in [0.717, 1.165) is 30.7 Å². The van der Waals surface area contributed by atoms with Crippen molar-refractivity contribution >= 4 is 0 Å². The number of nitrogens with one attached hydrogen (secondary N) is 1. The van der Waals surface area contributed by atoms with E-state index in [1.165, 1.54) is 5.56 Å². The lowest BCUT2D eigenvalue weighted by atomic mass is 9.87. The highest BCUT2D eigenvalue weighted by atomic mass is 19.1. The van der Waals surface area contributed by atoms with E-state index in [0.29, 0.717) is 5.92 Å². The van der Waals surface area contributed by atoms with Crippen LogP contribution in [0.25, 0.3) is 0 Å². The molecule has 0 aromatic heterocycles. The third-order valence-electron chi connectivity index (χ3n) is 4.10. The van der Waals surface area contributed by atoms with E-state index in [4.69, 9.17) is 4.74 Å². The Hall–Kier alpha value is -0.930. The van der Waals surface area contributed by atoms with Gasteiger partial charge in [0.25, 0.3) is 0 Å². The summed E-state index contributed by atoms with van der Waals surface area (Å²) in [6.07, 6.45) is 1.32. The van der Waals surface area contributed by atoms with Gasteiger partial charge < -0.3 is 10.1 Å². The molecule has 106 valence electrons. The van der Waals surface area contributed by atoms with Gasteiger partial charge in [-0.05, 0) is 50.4 Å². The number of rotatable bonds is 4. The highest BCUT2D eigenvalue weighted by Crippen LogP contribution is 2.34. The van der Waals surface area contributed by atoms with Gasteiger partial charge in [-0.1, -0.05) is 19.1 Å². The Balaban J connectivity index is 2.33. The van der Waals surface area contributed by atoms with Crippen LogP contribution in [0.2, 0.25) is 0 Å². The highest BCUT2D eigenvalue weighted by molar-refractivity contribution is 5.33. The summed E-state index contributed by atoms with van der Waals surface area (Å²) in [5, 5.41) is 3.54. The van der Waals surface area contributed by atoms with Gasteiger partial charge in [0.15, 0.2) is 0 Å². The van der Waals surface area contributed by atoms with Gasteiger partial charge in [-0.15, -0.1) is 0 Å². The predicted octanol–water partition coefficient (Wildman–Crippen LogP) is 3.52. The zero-order valence-corrected chi connectivity index (χ0v) is 12.3. The first-order chi connectivity index (χ1) is 9.04. The minimum atomic E-state index is -0.0882. The summed E-state index contributed by atoms with van der Waals surface area (Å²) in [5.74, 6) is 0.374. The molecule has 3 unspecified atom stereocenters. The molecule has 0 bridgehead atoms. The number of aryl methyl sites for hydroxylation is 2. The van der Waals surface area contributed by atoms with Crippen molar-refractivity contribution in [3.63, 3.8) is 0 Å². The van der Waals surface area contributed by atoms with E-state index < -0.39 is 0 Å². The SMILES string of the molecule is CCNC(c1cc(C)c(F)c(C)c1)C1CCOC1C.